The molecule has 1 aliphatic carbocycles. The fourth-order valence-corrected chi connectivity index (χ4v) is 2.02. The van der Waals surface area contributed by atoms with Gasteiger partial charge in [0.2, 0.25) is 0 Å². The molecule has 0 aromatic carbocycles. The summed E-state index contributed by atoms with van der Waals surface area (Å²) in [5.41, 5.74) is 0. The Hall–Kier alpha value is -0.570. The lowest BCUT2D eigenvalue weighted by Gasteiger charge is -2.06. The van der Waals surface area contributed by atoms with E-state index in [9.17, 15) is 4.79 Å². The summed E-state index contributed by atoms with van der Waals surface area (Å²) in [6.45, 7) is 1.08. The van der Waals surface area contributed by atoms with Crippen LogP contribution in [0.1, 0.15) is 19.3 Å². The van der Waals surface area contributed by atoms with Crippen LogP contribution in [0.5, 0.6) is 0 Å². The lowest BCUT2D eigenvalue weighted by Crippen LogP contribution is -2.25. The molecule has 1 unspecified atom stereocenters. The second-order valence-electron chi connectivity index (χ2n) is 3.55. The molecule has 3 nitrogen and oxygen atoms in total. The predicted octanol–water partition coefficient (Wildman–Crippen LogP) is 0.459. The normalized spacial score (nSPS) is 42.4. The van der Waals surface area contributed by atoms with Gasteiger partial charge in [0.15, 0.2) is 0 Å². The lowest BCUT2D eigenvalue weighted by molar-refractivity contribution is -0.138. The third-order valence-corrected chi connectivity index (χ3v) is 2.77. The molecule has 0 aromatic heterocycles. The average molecular weight is 155 g/mol. The highest BCUT2D eigenvalue weighted by Gasteiger charge is 2.48. The van der Waals surface area contributed by atoms with E-state index >= 15 is 0 Å². The molecule has 2 N–H and O–H groups in total. The molecule has 0 radical (unpaired) electrons. The Morgan fingerprint density at radius 3 is 2.82 bits per heavy atom. The van der Waals surface area contributed by atoms with Crippen LogP contribution < -0.4 is 5.32 Å². The van der Waals surface area contributed by atoms with Crippen molar-refractivity contribution in [1.82, 2.24) is 5.32 Å². The molecule has 0 amide bonds. The Bertz CT molecular complexity index is 175. The Morgan fingerprint density at radius 2 is 2.36 bits per heavy atom. The Balaban J connectivity index is 1.85. The standard InChI is InChI=1S/C8H13NO2/c10-8(11)6-4-5(6)7-2-1-3-9-7/h5-7,9H,1-4H2,(H,10,11)/t5-,6-,7?/m0/s1. The van der Waals surface area contributed by atoms with Crippen LogP contribution in [-0.2, 0) is 4.79 Å². The molecule has 1 saturated carbocycles. The zero-order chi connectivity index (χ0) is 7.84. The number of aliphatic carboxylic acids is 1. The second-order valence-corrected chi connectivity index (χ2v) is 3.55. The van der Waals surface area contributed by atoms with Gasteiger partial charge in [-0.3, -0.25) is 4.79 Å². The van der Waals surface area contributed by atoms with E-state index in [0.717, 1.165) is 13.0 Å². The average Bonchev–Trinajstić information content (AvgIpc) is 2.60. The summed E-state index contributed by atoms with van der Waals surface area (Å²) in [7, 11) is 0. The third-order valence-electron chi connectivity index (χ3n) is 2.77. The van der Waals surface area contributed by atoms with Gasteiger partial charge in [-0.15, -0.1) is 0 Å². The fraction of sp³-hybridized carbons (Fsp3) is 0.875. The predicted molar refractivity (Wildman–Crippen MR) is 40.3 cm³/mol. The number of carboxylic acid groups (broad SMARTS) is 1. The van der Waals surface area contributed by atoms with Crippen molar-refractivity contribution >= 4 is 5.97 Å². The molecule has 1 heterocycles. The summed E-state index contributed by atoms with van der Waals surface area (Å²) in [6, 6.07) is 0.510. The van der Waals surface area contributed by atoms with Crippen LogP contribution in [0.15, 0.2) is 0 Å². The van der Waals surface area contributed by atoms with Gasteiger partial charge in [-0.25, -0.2) is 0 Å². The first-order valence-corrected chi connectivity index (χ1v) is 4.25. The van der Waals surface area contributed by atoms with Crippen molar-refractivity contribution in [2.24, 2.45) is 11.8 Å². The number of hydrogen-bond acceptors (Lipinski definition) is 2. The number of hydrogen-bond donors (Lipinski definition) is 2. The monoisotopic (exact) mass is 155 g/mol. The van der Waals surface area contributed by atoms with Gasteiger partial charge in [0.05, 0.1) is 5.92 Å². The van der Waals surface area contributed by atoms with Crippen LogP contribution in [0, 0.1) is 11.8 Å². The molecule has 3 heteroatoms. The van der Waals surface area contributed by atoms with Gasteiger partial charge in [0, 0.05) is 6.04 Å². The van der Waals surface area contributed by atoms with Crippen molar-refractivity contribution in [3.63, 3.8) is 0 Å². The zero-order valence-electron chi connectivity index (χ0n) is 6.42. The molecule has 0 spiro atoms. The Kier molecular flexibility index (Phi) is 1.60. The maximum atomic E-state index is 10.5. The van der Waals surface area contributed by atoms with Crippen LogP contribution in [0.3, 0.4) is 0 Å². The molecule has 62 valence electrons. The van der Waals surface area contributed by atoms with Crippen molar-refractivity contribution in [3.8, 4) is 0 Å². The SMILES string of the molecule is O=C(O)[C@H]1C[C@@H]1C1CCCN1. The first kappa shape index (κ1) is 7.10. The Morgan fingerprint density at radius 1 is 1.55 bits per heavy atom. The summed E-state index contributed by atoms with van der Waals surface area (Å²) in [5.74, 6) is -0.204. The van der Waals surface area contributed by atoms with E-state index in [1.165, 1.54) is 12.8 Å². The smallest absolute Gasteiger partial charge is 0.306 e. The summed E-state index contributed by atoms with van der Waals surface area (Å²) < 4.78 is 0. The molecule has 2 rings (SSSR count). The highest BCUT2D eigenvalue weighted by atomic mass is 16.4. The molecular weight excluding hydrogens is 142 g/mol. The van der Waals surface area contributed by atoms with Gasteiger partial charge in [-0.2, -0.15) is 0 Å². The molecule has 0 bridgehead atoms. The molecule has 3 atom stereocenters. The highest BCUT2D eigenvalue weighted by Crippen LogP contribution is 2.43. The Labute approximate surface area is 65.8 Å². The van der Waals surface area contributed by atoms with Gasteiger partial charge in [0.1, 0.15) is 0 Å². The van der Waals surface area contributed by atoms with Crippen molar-refractivity contribution in [2.45, 2.75) is 25.3 Å². The maximum Gasteiger partial charge on any atom is 0.306 e. The quantitative estimate of drug-likeness (QED) is 0.609. The van der Waals surface area contributed by atoms with Gasteiger partial charge >= 0.3 is 5.97 Å². The van der Waals surface area contributed by atoms with E-state index in [2.05, 4.69) is 5.32 Å². The van der Waals surface area contributed by atoms with Crippen LogP contribution in [0.2, 0.25) is 0 Å². The summed E-state index contributed by atoms with van der Waals surface area (Å²) in [6.07, 6.45) is 3.29. The number of carbonyl (C=O) groups is 1. The van der Waals surface area contributed by atoms with E-state index in [-0.39, 0.29) is 5.92 Å². The minimum absolute atomic E-state index is 0.0365. The summed E-state index contributed by atoms with van der Waals surface area (Å²) in [4.78, 5) is 10.5. The van der Waals surface area contributed by atoms with E-state index in [1.807, 2.05) is 0 Å². The van der Waals surface area contributed by atoms with Crippen molar-refractivity contribution in [3.05, 3.63) is 0 Å². The van der Waals surface area contributed by atoms with Crippen LogP contribution in [0.4, 0.5) is 0 Å². The third kappa shape index (κ3) is 1.25. The van der Waals surface area contributed by atoms with Crippen molar-refractivity contribution in [2.75, 3.05) is 6.54 Å². The number of nitrogens with one attached hydrogen (secondary N) is 1. The lowest BCUT2D eigenvalue weighted by atomic mass is 10.1. The van der Waals surface area contributed by atoms with Crippen LogP contribution in [-0.4, -0.2) is 23.7 Å². The van der Waals surface area contributed by atoms with Crippen molar-refractivity contribution < 1.29 is 9.90 Å². The van der Waals surface area contributed by atoms with Crippen molar-refractivity contribution in [1.29, 1.82) is 0 Å². The van der Waals surface area contributed by atoms with E-state index in [0.29, 0.717) is 12.0 Å². The summed E-state index contributed by atoms with van der Waals surface area (Å²) >= 11 is 0. The fourth-order valence-electron chi connectivity index (χ4n) is 2.02. The first-order chi connectivity index (χ1) is 5.29. The maximum absolute atomic E-state index is 10.5. The molecule has 1 aliphatic heterocycles. The van der Waals surface area contributed by atoms with Gasteiger partial charge in [-0.1, -0.05) is 0 Å². The highest BCUT2D eigenvalue weighted by molar-refractivity contribution is 5.73. The van der Waals surface area contributed by atoms with Gasteiger partial charge in [0.25, 0.3) is 0 Å². The molecular formula is C8H13NO2. The van der Waals surface area contributed by atoms with E-state index in [1.54, 1.807) is 0 Å². The van der Waals surface area contributed by atoms with Crippen LogP contribution in [0.25, 0.3) is 0 Å². The van der Waals surface area contributed by atoms with Gasteiger partial charge in [-0.05, 0) is 31.7 Å². The zero-order valence-corrected chi connectivity index (χ0v) is 6.42. The topological polar surface area (TPSA) is 49.3 Å². The number of carboxylic acids is 1. The van der Waals surface area contributed by atoms with Gasteiger partial charge < -0.3 is 10.4 Å². The molecule has 1 saturated heterocycles. The molecule has 11 heavy (non-hydrogen) atoms. The van der Waals surface area contributed by atoms with Crippen LogP contribution >= 0.6 is 0 Å². The summed E-state index contributed by atoms with van der Waals surface area (Å²) in [5, 5.41) is 12.0. The minimum atomic E-state index is -0.608. The second kappa shape index (κ2) is 2.48. The van der Waals surface area contributed by atoms with E-state index < -0.39 is 5.97 Å². The molecule has 2 fully saturated rings. The number of rotatable bonds is 2. The van der Waals surface area contributed by atoms with E-state index in [4.69, 9.17) is 5.11 Å². The molecule has 0 aromatic rings. The first-order valence-electron chi connectivity index (χ1n) is 4.25. The minimum Gasteiger partial charge on any atom is -0.481 e. The molecule has 2 aliphatic rings. The largest absolute Gasteiger partial charge is 0.481 e.